The molecule has 0 radical (unpaired) electrons. The molecule has 5 nitrogen and oxygen atoms in total. The molecule has 1 aromatic carbocycles. The quantitative estimate of drug-likeness (QED) is 0.578. The number of fused-ring (bicyclic) bond motifs is 1. The molecule has 0 bridgehead atoms. The van der Waals surface area contributed by atoms with E-state index >= 15 is 0 Å². The van der Waals surface area contributed by atoms with E-state index in [1.807, 2.05) is 36.4 Å². The van der Waals surface area contributed by atoms with Crippen molar-refractivity contribution in [3.05, 3.63) is 58.3 Å². The van der Waals surface area contributed by atoms with Crippen LogP contribution in [0.1, 0.15) is 10.6 Å². The number of rotatable bonds is 3. The van der Waals surface area contributed by atoms with E-state index in [1.165, 1.54) is 11.3 Å². The van der Waals surface area contributed by atoms with E-state index in [0.717, 1.165) is 27.0 Å². The molecule has 0 fully saturated rings. The summed E-state index contributed by atoms with van der Waals surface area (Å²) < 4.78 is 7.07. The highest BCUT2D eigenvalue weighted by Gasteiger charge is 2.15. The number of furan rings is 1. The lowest BCUT2D eigenvalue weighted by atomic mass is 10.2. The number of hydrogen-bond donors (Lipinski definition) is 0. The predicted octanol–water partition coefficient (Wildman–Crippen LogP) is 3.69. The Morgan fingerprint density at radius 3 is 2.76 bits per heavy atom. The van der Waals surface area contributed by atoms with Gasteiger partial charge in [-0.3, -0.25) is 0 Å². The van der Waals surface area contributed by atoms with Crippen molar-refractivity contribution in [1.82, 2.24) is 19.8 Å². The maximum atomic E-state index is 5.89. The van der Waals surface area contributed by atoms with Gasteiger partial charge in [0.2, 0.25) is 10.8 Å². The molecule has 0 atom stereocenters. The molecule has 0 aliphatic rings. The molecule has 4 aromatic rings. The SMILES string of the molecule is Clc1ccc(Cc2nn3c(-c4ccco4)nnc3s2)cc1. The monoisotopic (exact) mass is 316 g/mol. The first-order valence-corrected chi connectivity index (χ1v) is 7.48. The van der Waals surface area contributed by atoms with Crippen LogP contribution in [0, 0.1) is 0 Å². The van der Waals surface area contributed by atoms with Crippen LogP contribution in [0.4, 0.5) is 0 Å². The van der Waals surface area contributed by atoms with Crippen molar-refractivity contribution in [1.29, 1.82) is 0 Å². The van der Waals surface area contributed by atoms with E-state index < -0.39 is 0 Å². The molecule has 0 saturated carbocycles. The lowest BCUT2D eigenvalue weighted by Gasteiger charge is -1.97. The van der Waals surface area contributed by atoms with Crippen molar-refractivity contribution < 1.29 is 4.42 Å². The Labute approximate surface area is 128 Å². The Kier molecular flexibility index (Phi) is 2.98. The van der Waals surface area contributed by atoms with Gasteiger partial charge >= 0.3 is 0 Å². The summed E-state index contributed by atoms with van der Waals surface area (Å²) in [4.78, 5) is 0.755. The van der Waals surface area contributed by atoms with Crippen LogP contribution in [0.3, 0.4) is 0 Å². The summed E-state index contributed by atoms with van der Waals surface area (Å²) in [5.41, 5.74) is 1.16. The van der Waals surface area contributed by atoms with Crippen molar-refractivity contribution in [3.8, 4) is 11.6 Å². The number of nitrogens with zero attached hydrogens (tertiary/aromatic N) is 4. The average Bonchev–Trinajstić information content (AvgIpc) is 3.17. The van der Waals surface area contributed by atoms with E-state index in [0.29, 0.717) is 11.6 Å². The normalized spacial score (nSPS) is 11.3. The van der Waals surface area contributed by atoms with Crippen LogP contribution < -0.4 is 0 Å². The summed E-state index contributed by atoms with van der Waals surface area (Å²) in [7, 11) is 0. The molecular weight excluding hydrogens is 308 g/mol. The van der Waals surface area contributed by atoms with Crippen molar-refractivity contribution in [2.24, 2.45) is 0 Å². The molecule has 104 valence electrons. The highest BCUT2D eigenvalue weighted by Crippen LogP contribution is 2.23. The van der Waals surface area contributed by atoms with Gasteiger partial charge in [0.1, 0.15) is 5.01 Å². The lowest BCUT2D eigenvalue weighted by molar-refractivity contribution is 0.574. The first kappa shape index (κ1) is 12.6. The molecule has 4 rings (SSSR count). The van der Waals surface area contributed by atoms with Crippen molar-refractivity contribution in [2.45, 2.75) is 6.42 Å². The second kappa shape index (κ2) is 4.98. The molecule has 0 aliphatic carbocycles. The Morgan fingerprint density at radius 1 is 1.14 bits per heavy atom. The third kappa shape index (κ3) is 2.32. The van der Waals surface area contributed by atoms with Crippen LogP contribution in [0.5, 0.6) is 0 Å². The molecule has 0 N–H and O–H groups in total. The highest BCUT2D eigenvalue weighted by molar-refractivity contribution is 7.16. The number of halogens is 1. The lowest BCUT2D eigenvalue weighted by Crippen LogP contribution is -1.92. The number of benzene rings is 1. The Balaban J connectivity index is 1.69. The van der Waals surface area contributed by atoms with Gasteiger partial charge < -0.3 is 4.42 Å². The van der Waals surface area contributed by atoms with E-state index in [2.05, 4.69) is 15.3 Å². The van der Waals surface area contributed by atoms with Gasteiger partial charge in [-0.05, 0) is 29.8 Å². The van der Waals surface area contributed by atoms with Crippen molar-refractivity contribution >= 4 is 27.9 Å². The Bertz CT molecular complexity index is 880. The Hall–Kier alpha value is -2.18. The van der Waals surface area contributed by atoms with E-state index in [9.17, 15) is 0 Å². The van der Waals surface area contributed by atoms with Gasteiger partial charge in [0, 0.05) is 11.4 Å². The van der Waals surface area contributed by atoms with Gasteiger partial charge in [-0.2, -0.15) is 9.61 Å². The first-order chi connectivity index (χ1) is 10.3. The van der Waals surface area contributed by atoms with Crippen LogP contribution >= 0.6 is 22.9 Å². The smallest absolute Gasteiger partial charge is 0.235 e. The molecular formula is C14H9ClN4OS. The molecule has 0 amide bonds. The molecule has 3 aromatic heterocycles. The minimum atomic E-state index is 0.619. The summed E-state index contributed by atoms with van der Waals surface area (Å²) in [6.45, 7) is 0. The van der Waals surface area contributed by atoms with Crippen LogP contribution in [-0.4, -0.2) is 19.8 Å². The van der Waals surface area contributed by atoms with Gasteiger partial charge in [0.05, 0.1) is 6.26 Å². The Morgan fingerprint density at radius 2 is 2.00 bits per heavy atom. The molecule has 0 saturated heterocycles. The van der Waals surface area contributed by atoms with Gasteiger partial charge in [-0.1, -0.05) is 35.1 Å². The van der Waals surface area contributed by atoms with Crippen LogP contribution in [0.15, 0.2) is 47.1 Å². The topological polar surface area (TPSA) is 56.2 Å². The zero-order chi connectivity index (χ0) is 14.2. The second-order valence-corrected chi connectivity index (χ2v) is 5.97. The maximum absolute atomic E-state index is 5.89. The standard InChI is InChI=1S/C14H9ClN4OS/c15-10-5-3-9(4-6-10)8-12-18-19-13(11-2-1-7-20-11)16-17-14(19)21-12/h1-7H,8H2. The second-order valence-electron chi connectivity index (χ2n) is 4.49. The van der Waals surface area contributed by atoms with Gasteiger partial charge in [0.15, 0.2) is 5.76 Å². The van der Waals surface area contributed by atoms with Gasteiger partial charge in [-0.25, -0.2) is 0 Å². The third-order valence-corrected chi connectivity index (χ3v) is 4.19. The van der Waals surface area contributed by atoms with Crippen LogP contribution in [0.2, 0.25) is 5.02 Å². The fraction of sp³-hybridized carbons (Fsp3) is 0.0714. The zero-order valence-corrected chi connectivity index (χ0v) is 12.3. The largest absolute Gasteiger partial charge is 0.461 e. The molecule has 0 aliphatic heterocycles. The van der Waals surface area contributed by atoms with E-state index in [1.54, 1.807) is 10.8 Å². The molecule has 7 heteroatoms. The van der Waals surface area contributed by atoms with Crippen LogP contribution in [-0.2, 0) is 6.42 Å². The maximum Gasteiger partial charge on any atom is 0.235 e. The summed E-state index contributed by atoms with van der Waals surface area (Å²) >= 11 is 7.41. The summed E-state index contributed by atoms with van der Waals surface area (Å²) in [6, 6.07) is 11.4. The number of aromatic nitrogens is 4. The third-order valence-electron chi connectivity index (χ3n) is 3.04. The van der Waals surface area contributed by atoms with Crippen molar-refractivity contribution in [3.63, 3.8) is 0 Å². The van der Waals surface area contributed by atoms with Crippen LogP contribution in [0.25, 0.3) is 16.5 Å². The molecule has 3 heterocycles. The summed E-state index contributed by atoms with van der Waals surface area (Å²) in [5.74, 6) is 1.28. The van der Waals surface area contributed by atoms with E-state index in [4.69, 9.17) is 16.0 Å². The van der Waals surface area contributed by atoms with Gasteiger partial charge in [-0.15, -0.1) is 10.2 Å². The minimum Gasteiger partial charge on any atom is -0.461 e. The molecule has 0 unspecified atom stereocenters. The number of hydrogen-bond acceptors (Lipinski definition) is 5. The average molecular weight is 317 g/mol. The fourth-order valence-electron chi connectivity index (χ4n) is 2.06. The minimum absolute atomic E-state index is 0.619. The molecule has 21 heavy (non-hydrogen) atoms. The van der Waals surface area contributed by atoms with E-state index in [-0.39, 0.29) is 0 Å². The summed E-state index contributed by atoms with van der Waals surface area (Å²) in [5, 5.41) is 14.5. The zero-order valence-electron chi connectivity index (χ0n) is 10.7. The highest BCUT2D eigenvalue weighted by atomic mass is 35.5. The molecule has 0 spiro atoms. The van der Waals surface area contributed by atoms with Crippen molar-refractivity contribution in [2.75, 3.05) is 0 Å². The van der Waals surface area contributed by atoms with Gasteiger partial charge in [0.25, 0.3) is 0 Å². The first-order valence-electron chi connectivity index (χ1n) is 6.29. The predicted molar refractivity (Wildman–Crippen MR) is 80.6 cm³/mol. The summed E-state index contributed by atoms with van der Waals surface area (Å²) in [6.07, 6.45) is 2.35. The fourth-order valence-corrected chi connectivity index (χ4v) is 3.06.